The number of aromatic nitrogens is 1. The Kier molecular flexibility index (Phi) is 3.99. The Balaban J connectivity index is 2.20. The number of rotatable bonds is 2. The predicted octanol–water partition coefficient (Wildman–Crippen LogP) is 2.41. The van der Waals surface area contributed by atoms with Crippen LogP contribution in [0.4, 0.5) is 0 Å². The van der Waals surface area contributed by atoms with Crippen LogP contribution in [0.15, 0.2) is 28.1 Å². The van der Waals surface area contributed by atoms with E-state index in [1.807, 2.05) is 4.57 Å². The molecule has 2 aliphatic heterocycles. The first-order chi connectivity index (χ1) is 10.5. The summed E-state index contributed by atoms with van der Waals surface area (Å²) in [7, 11) is 1.42. The van der Waals surface area contributed by atoms with Crippen LogP contribution in [0.1, 0.15) is 23.3 Å². The molecular weight excluding hydrogens is 350 g/mol. The summed E-state index contributed by atoms with van der Waals surface area (Å²) in [6, 6.07) is 0. The van der Waals surface area contributed by atoms with Gasteiger partial charge in [-0.3, -0.25) is 9.59 Å². The molecule has 2 aliphatic rings. The van der Waals surface area contributed by atoms with E-state index in [0.717, 1.165) is 12.8 Å². The fourth-order valence-electron chi connectivity index (χ4n) is 3.64. The molecule has 1 spiro atoms. The molecule has 0 N–H and O–H groups in total. The van der Waals surface area contributed by atoms with Gasteiger partial charge in [0.15, 0.2) is 11.5 Å². The van der Waals surface area contributed by atoms with Gasteiger partial charge in [0, 0.05) is 37.3 Å². The Morgan fingerprint density at radius 3 is 2.73 bits per heavy atom. The average Bonchev–Trinajstić information content (AvgIpc) is 2.50. The number of methoxy groups -OCH3 is 1. The van der Waals surface area contributed by atoms with Gasteiger partial charge in [-0.05, 0) is 28.8 Å². The molecule has 0 bridgehead atoms. The van der Waals surface area contributed by atoms with E-state index >= 15 is 0 Å². The fourth-order valence-corrected chi connectivity index (χ4v) is 4.07. The van der Waals surface area contributed by atoms with E-state index in [-0.39, 0.29) is 28.3 Å². The summed E-state index contributed by atoms with van der Waals surface area (Å²) in [5.74, 6) is -0.302. The van der Waals surface area contributed by atoms with Gasteiger partial charge in [0.25, 0.3) is 0 Å². The standard InChI is InChI=1S/C16H18BrNO4/c1-3-10-13(19)12-15(21-2)14(20)11(17)8-18(12)9-16(10)4-6-22-7-5-16/h3,8,10H,1,4-7,9H2,2H3. The normalized spacial score (nSPS) is 23.2. The molecule has 6 heteroatoms. The number of Topliss-reactive ketones (excluding diaryl/α,β-unsaturated/α-hetero) is 1. The Labute approximate surface area is 137 Å². The zero-order valence-corrected chi connectivity index (χ0v) is 14.0. The second-order valence-corrected chi connectivity index (χ2v) is 6.72. The summed E-state index contributed by atoms with van der Waals surface area (Å²) in [6.07, 6.45) is 5.01. The number of pyridine rings is 1. The van der Waals surface area contributed by atoms with Gasteiger partial charge in [0.1, 0.15) is 5.69 Å². The highest BCUT2D eigenvalue weighted by molar-refractivity contribution is 9.10. The lowest BCUT2D eigenvalue weighted by Gasteiger charge is -2.45. The number of allylic oxidation sites excluding steroid dienone is 1. The second kappa shape index (κ2) is 5.66. The molecule has 1 atom stereocenters. The van der Waals surface area contributed by atoms with Crippen LogP contribution < -0.4 is 10.2 Å². The third-order valence-electron chi connectivity index (χ3n) is 4.78. The molecule has 1 unspecified atom stereocenters. The van der Waals surface area contributed by atoms with Crippen molar-refractivity contribution in [1.29, 1.82) is 0 Å². The SMILES string of the molecule is C=CC1C(=O)c2c(OC)c(=O)c(Br)cn2CC12CCOCC2. The summed E-state index contributed by atoms with van der Waals surface area (Å²) in [4.78, 5) is 25.2. The molecule has 1 aromatic rings. The average molecular weight is 368 g/mol. The fraction of sp³-hybridized carbons (Fsp3) is 0.500. The first-order valence-electron chi connectivity index (χ1n) is 7.25. The summed E-state index contributed by atoms with van der Waals surface area (Å²) < 4.78 is 12.9. The number of fused-ring (bicyclic) bond motifs is 1. The zero-order chi connectivity index (χ0) is 15.9. The van der Waals surface area contributed by atoms with E-state index in [4.69, 9.17) is 9.47 Å². The summed E-state index contributed by atoms with van der Waals surface area (Å²) in [5, 5.41) is 0. The van der Waals surface area contributed by atoms with Crippen molar-refractivity contribution >= 4 is 21.7 Å². The molecule has 3 rings (SSSR count). The molecule has 118 valence electrons. The minimum absolute atomic E-state index is 0.0930. The minimum Gasteiger partial charge on any atom is -0.491 e. The van der Waals surface area contributed by atoms with Crippen LogP contribution in [0, 0.1) is 11.3 Å². The molecule has 0 radical (unpaired) electrons. The van der Waals surface area contributed by atoms with E-state index in [9.17, 15) is 9.59 Å². The van der Waals surface area contributed by atoms with Crippen molar-refractivity contribution in [3.8, 4) is 5.75 Å². The van der Waals surface area contributed by atoms with Crippen LogP contribution in [0.2, 0.25) is 0 Å². The van der Waals surface area contributed by atoms with Crippen molar-refractivity contribution in [2.24, 2.45) is 11.3 Å². The van der Waals surface area contributed by atoms with Crippen molar-refractivity contribution in [2.75, 3.05) is 20.3 Å². The van der Waals surface area contributed by atoms with Crippen molar-refractivity contribution in [2.45, 2.75) is 19.4 Å². The van der Waals surface area contributed by atoms with Crippen LogP contribution in [0.5, 0.6) is 5.75 Å². The van der Waals surface area contributed by atoms with E-state index in [2.05, 4.69) is 22.5 Å². The number of ketones is 1. The van der Waals surface area contributed by atoms with Gasteiger partial charge >= 0.3 is 0 Å². The maximum Gasteiger partial charge on any atom is 0.238 e. The van der Waals surface area contributed by atoms with Crippen LogP contribution in [0.25, 0.3) is 0 Å². The molecule has 1 fully saturated rings. The van der Waals surface area contributed by atoms with E-state index in [1.54, 1.807) is 12.3 Å². The number of ether oxygens (including phenoxy) is 2. The van der Waals surface area contributed by atoms with Crippen LogP contribution >= 0.6 is 15.9 Å². The number of nitrogens with zero attached hydrogens (tertiary/aromatic N) is 1. The highest BCUT2D eigenvalue weighted by Crippen LogP contribution is 2.46. The lowest BCUT2D eigenvalue weighted by atomic mass is 9.65. The Bertz CT molecular complexity index is 688. The number of hydrogen-bond donors (Lipinski definition) is 0. The second-order valence-electron chi connectivity index (χ2n) is 5.87. The first kappa shape index (κ1) is 15.5. The maximum atomic E-state index is 13.0. The molecule has 1 aromatic heterocycles. The predicted molar refractivity (Wildman–Crippen MR) is 85.5 cm³/mol. The first-order valence-corrected chi connectivity index (χ1v) is 8.05. The summed E-state index contributed by atoms with van der Waals surface area (Å²) in [5.41, 5.74) is -0.144. The van der Waals surface area contributed by atoms with Crippen molar-refractivity contribution in [3.63, 3.8) is 0 Å². The molecule has 0 amide bonds. The molecule has 0 aliphatic carbocycles. The van der Waals surface area contributed by atoms with Gasteiger partial charge in [-0.15, -0.1) is 6.58 Å². The lowest BCUT2D eigenvalue weighted by molar-refractivity contribution is -0.0191. The third-order valence-corrected chi connectivity index (χ3v) is 5.35. The maximum absolute atomic E-state index is 13.0. The number of halogens is 1. The third kappa shape index (κ3) is 2.16. The van der Waals surface area contributed by atoms with E-state index < -0.39 is 0 Å². The minimum atomic E-state index is -0.314. The largest absolute Gasteiger partial charge is 0.491 e. The highest BCUT2D eigenvalue weighted by Gasteiger charge is 2.48. The molecule has 3 heterocycles. The number of hydrogen-bond acceptors (Lipinski definition) is 4. The van der Waals surface area contributed by atoms with Gasteiger partial charge < -0.3 is 14.0 Å². The molecule has 5 nitrogen and oxygen atoms in total. The molecule has 0 saturated carbocycles. The van der Waals surface area contributed by atoms with Gasteiger partial charge in [0.05, 0.1) is 11.6 Å². The zero-order valence-electron chi connectivity index (χ0n) is 12.4. The molecule has 1 saturated heterocycles. The molecule has 22 heavy (non-hydrogen) atoms. The lowest BCUT2D eigenvalue weighted by Crippen LogP contribution is -2.48. The molecular formula is C16H18BrNO4. The van der Waals surface area contributed by atoms with Gasteiger partial charge in [-0.1, -0.05) is 6.08 Å². The smallest absolute Gasteiger partial charge is 0.238 e. The number of carbonyl (C=O) groups excluding carboxylic acids is 1. The Hall–Kier alpha value is -1.40. The van der Waals surface area contributed by atoms with Crippen LogP contribution in [-0.4, -0.2) is 30.7 Å². The van der Waals surface area contributed by atoms with Crippen LogP contribution in [-0.2, 0) is 11.3 Å². The van der Waals surface area contributed by atoms with Gasteiger partial charge in [0.2, 0.25) is 5.43 Å². The molecule has 0 aromatic carbocycles. The van der Waals surface area contributed by atoms with E-state index in [0.29, 0.717) is 29.9 Å². The van der Waals surface area contributed by atoms with Gasteiger partial charge in [-0.25, -0.2) is 0 Å². The topological polar surface area (TPSA) is 57.5 Å². The summed E-state index contributed by atoms with van der Waals surface area (Å²) >= 11 is 3.26. The highest BCUT2D eigenvalue weighted by atomic mass is 79.9. The van der Waals surface area contributed by atoms with Crippen LogP contribution in [0.3, 0.4) is 0 Å². The quantitative estimate of drug-likeness (QED) is 0.753. The number of carbonyl (C=O) groups is 1. The Morgan fingerprint density at radius 2 is 2.14 bits per heavy atom. The Morgan fingerprint density at radius 1 is 1.45 bits per heavy atom. The van der Waals surface area contributed by atoms with Crippen molar-refractivity contribution in [3.05, 3.63) is 39.2 Å². The monoisotopic (exact) mass is 367 g/mol. The summed E-state index contributed by atoms with van der Waals surface area (Å²) in [6.45, 7) is 5.80. The van der Waals surface area contributed by atoms with E-state index in [1.165, 1.54) is 7.11 Å². The van der Waals surface area contributed by atoms with Crippen molar-refractivity contribution < 1.29 is 14.3 Å². The van der Waals surface area contributed by atoms with Crippen molar-refractivity contribution in [1.82, 2.24) is 4.57 Å². The van der Waals surface area contributed by atoms with Gasteiger partial charge in [-0.2, -0.15) is 0 Å².